The minimum Gasteiger partial charge on any atom is -0.197 e. The van der Waals surface area contributed by atoms with E-state index in [1.165, 1.54) is 33.4 Å². The van der Waals surface area contributed by atoms with Crippen LogP contribution in [0.2, 0.25) is 0 Å². The molecule has 0 aromatic heterocycles. The van der Waals surface area contributed by atoms with E-state index in [0.29, 0.717) is 11.8 Å². The van der Waals surface area contributed by atoms with Crippen LogP contribution in [-0.2, 0) is 0 Å². The van der Waals surface area contributed by atoms with Crippen molar-refractivity contribution in [3.05, 3.63) is 82.0 Å². The van der Waals surface area contributed by atoms with Gasteiger partial charge in [0.2, 0.25) is 0 Å². The molecule has 0 radical (unpaired) electrons. The molecule has 2 aliphatic carbocycles. The molecule has 0 saturated heterocycles. The van der Waals surface area contributed by atoms with Crippen molar-refractivity contribution in [1.29, 1.82) is 0 Å². The van der Waals surface area contributed by atoms with Crippen LogP contribution in [0.25, 0.3) is 0 Å². The van der Waals surface area contributed by atoms with E-state index in [4.69, 9.17) is 0 Å². The number of benzene rings is 1. The quantitative estimate of drug-likeness (QED) is 0.578. The third kappa shape index (κ3) is 2.96. The summed E-state index contributed by atoms with van der Waals surface area (Å²) in [6.45, 7) is 9.08. The van der Waals surface area contributed by atoms with Crippen LogP contribution < -0.4 is 18.9 Å². The van der Waals surface area contributed by atoms with Gasteiger partial charge in [0.1, 0.15) is 0 Å². The average molecular weight is 282 g/mol. The first kappa shape index (κ1) is 17.1. The molecule has 0 aliphatic heterocycles. The molecule has 0 bridgehead atoms. The predicted molar refractivity (Wildman–Crippen MR) is 89.9 cm³/mol. The minimum absolute atomic E-state index is 0. The normalized spacial score (nSPS) is 20.8. The predicted octanol–water partition coefficient (Wildman–Crippen LogP) is 2.77. The molecule has 0 spiro atoms. The molecular weight excluding hydrogens is 259 g/mol. The first-order valence-corrected chi connectivity index (χ1v) is 7.84. The number of hydrogen-bond donors (Lipinski definition) is 0. The molecule has 1 unspecified atom stereocenters. The SMILES string of the molecule is CC1=CC=C(C(C)C)C(c2ccccc2)C2=C(C)C[C-]=C12.[Li+]. The monoisotopic (exact) mass is 282 g/mol. The van der Waals surface area contributed by atoms with Gasteiger partial charge in [-0.1, -0.05) is 76.1 Å². The van der Waals surface area contributed by atoms with E-state index in [-0.39, 0.29) is 18.9 Å². The number of fused-ring (bicyclic) bond motifs is 1. The fraction of sp³-hybridized carbons (Fsp3) is 0.333. The summed E-state index contributed by atoms with van der Waals surface area (Å²) in [5, 5.41) is 0. The van der Waals surface area contributed by atoms with E-state index >= 15 is 0 Å². The Kier molecular flexibility index (Phi) is 5.38. The summed E-state index contributed by atoms with van der Waals surface area (Å²) in [5.74, 6) is 0.921. The van der Waals surface area contributed by atoms with Crippen LogP contribution >= 0.6 is 0 Å². The molecule has 0 saturated carbocycles. The standard InChI is InChI=1S/C21H23.Li/c1-14(2)18-12-10-15(3)19-13-11-16(4)20(19)21(18)17-8-6-5-7-9-17;/h5-10,12,14,21H,11H2,1-4H3;/q-1;+1. The van der Waals surface area contributed by atoms with Crippen molar-refractivity contribution in [2.24, 2.45) is 5.92 Å². The Morgan fingerprint density at radius 3 is 2.36 bits per heavy atom. The van der Waals surface area contributed by atoms with Gasteiger partial charge >= 0.3 is 18.9 Å². The number of allylic oxidation sites excluding steroid dienone is 8. The molecule has 3 rings (SSSR count). The van der Waals surface area contributed by atoms with Gasteiger partial charge in [0, 0.05) is 0 Å². The Labute approximate surface area is 146 Å². The zero-order valence-corrected chi connectivity index (χ0v) is 14.4. The molecule has 0 nitrogen and oxygen atoms in total. The topological polar surface area (TPSA) is 0 Å². The molecule has 0 heterocycles. The second-order valence-corrected chi connectivity index (χ2v) is 6.44. The van der Waals surface area contributed by atoms with Gasteiger partial charge in [-0.05, 0) is 17.4 Å². The Balaban J connectivity index is 0.00000176. The zero-order valence-electron chi connectivity index (χ0n) is 14.4. The summed E-state index contributed by atoms with van der Waals surface area (Å²) in [5.41, 5.74) is 8.56. The molecular formula is C21H23Li. The fourth-order valence-corrected chi connectivity index (χ4v) is 3.47. The first-order chi connectivity index (χ1) is 10.1. The van der Waals surface area contributed by atoms with E-state index in [1.807, 2.05) is 0 Å². The van der Waals surface area contributed by atoms with E-state index in [0.717, 1.165) is 6.42 Å². The summed E-state index contributed by atoms with van der Waals surface area (Å²) < 4.78 is 0. The molecule has 1 aromatic rings. The van der Waals surface area contributed by atoms with Crippen LogP contribution in [0.15, 0.2) is 70.3 Å². The van der Waals surface area contributed by atoms with Gasteiger partial charge in [-0.15, -0.1) is 17.2 Å². The van der Waals surface area contributed by atoms with Crippen molar-refractivity contribution in [3.63, 3.8) is 0 Å². The molecule has 2 aliphatic rings. The third-order valence-electron chi connectivity index (χ3n) is 4.60. The van der Waals surface area contributed by atoms with Crippen LogP contribution in [0.4, 0.5) is 0 Å². The fourth-order valence-electron chi connectivity index (χ4n) is 3.47. The minimum atomic E-state index is 0. The van der Waals surface area contributed by atoms with Gasteiger partial charge < -0.3 is 0 Å². The Morgan fingerprint density at radius 1 is 1.05 bits per heavy atom. The van der Waals surface area contributed by atoms with Crippen molar-refractivity contribution in [3.8, 4) is 0 Å². The second kappa shape index (κ2) is 6.91. The van der Waals surface area contributed by atoms with Crippen molar-refractivity contribution in [2.75, 3.05) is 0 Å². The summed E-state index contributed by atoms with van der Waals surface area (Å²) in [4.78, 5) is 0. The van der Waals surface area contributed by atoms with E-state index in [1.54, 1.807) is 0 Å². The molecule has 1 heteroatoms. The van der Waals surface area contributed by atoms with Gasteiger partial charge in [-0.2, -0.15) is 17.2 Å². The number of hydrogen-bond acceptors (Lipinski definition) is 0. The molecule has 0 N–H and O–H groups in total. The average Bonchev–Trinajstić information content (AvgIpc) is 2.77. The number of rotatable bonds is 2. The van der Waals surface area contributed by atoms with Crippen LogP contribution in [0.1, 0.15) is 45.6 Å². The van der Waals surface area contributed by atoms with Crippen LogP contribution in [0, 0.1) is 12.0 Å². The van der Waals surface area contributed by atoms with Gasteiger partial charge in [-0.3, -0.25) is 0 Å². The first-order valence-electron chi connectivity index (χ1n) is 7.84. The summed E-state index contributed by atoms with van der Waals surface area (Å²) in [7, 11) is 0. The summed E-state index contributed by atoms with van der Waals surface area (Å²) in [6.07, 6.45) is 9.19. The van der Waals surface area contributed by atoms with E-state index < -0.39 is 0 Å². The van der Waals surface area contributed by atoms with Crippen LogP contribution in [0.3, 0.4) is 0 Å². The maximum Gasteiger partial charge on any atom is 1.00 e. The molecule has 0 fully saturated rings. The van der Waals surface area contributed by atoms with E-state index in [9.17, 15) is 0 Å². The molecule has 22 heavy (non-hydrogen) atoms. The van der Waals surface area contributed by atoms with Gasteiger partial charge in [0.05, 0.1) is 0 Å². The Bertz CT molecular complexity index is 669. The summed E-state index contributed by atoms with van der Waals surface area (Å²) in [6, 6.07) is 10.9. The van der Waals surface area contributed by atoms with Crippen molar-refractivity contribution in [1.82, 2.24) is 0 Å². The third-order valence-corrected chi connectivity index (χ3v) is 4.60. The van der Waals surface area contributed by atoms with Crippen molar-refractivity contribution in [2.45, 2.75) is 40.0 Å². The second-order valence-electron chi connectivity index (χ2n) is 6.44. The van der Waals surface area contributed by atoms with Gasteiger partial charge in [0.25, 0.3) is 0 Å². The Hall–Kier alpha value is -1.22. The molecule has 1 atom stereocenters. The largest absolute Gasteiger partial charge is 1.00 e. The van der Waals surface area contributed by atoms with Crippen LogP contribution in [-0.4, -0.2) is 0 Å². The maximum atomic E-state index is 3.60. The van der Waals surface area contributed by atoms with Gasteiger partial charge in [0.15, 0.2) is 0 Å². The maximum absolute atomic E-state index is 3.60. The van der Waals surface area contributed by atoms with Crippen molar-refractivity contribution < 1.29 is 18.9 Å². The Morgan fingerprint density at radius 2 is 1.73 bits per heavy atom. The van der Waals surface area contributed by atoms with E-state index in [2.05, 4.69) is 76.3 Å². The molecule has 0 amide bonds. The summed E-state index contributed by atoms with van der Waals surface area (Å²) >= 11 is 0. The van der Waals surface area contributed by atoms with Crippen LogP contribution in [0.5, 0.6) is 0 Å². The van der Waals surface area contributed by atoms with Gasteiger partial charge in [-0.25, -0.2) is 0 Å². The van der Waals surface area contributed by atoms with Crippen molar-refractivity contribution >= 4 is 0 Å². The zero-order chi connectivity index (χ0) is 15.0. The molecule has 108 valence electrons. The smallest absolute Gasteiger partial charge is 0.197 e. The molecule has 1 aromatic carbocycles.